The molecule has 94 valence electrons. The van der Waals surface area contributed by atoms with Crippen molar-refractivity contribution in [1.82, 2.24) is 15.0 Å². The van der Waals surface area contributed by atoms with E-state index in [2.05, 4.69) is 25.7 Å². The molecular formula is C11H14N6O. The van der Waals surface area contributed by atoms with E-state index in [9.17, 15) is 0 Å². The predicted octanol–water partition coefficient (Wildman–Crippen LogP) is 0.778. The molecule has 2 heterocycles. The summed E-state index contributed by atoms with van der Waals surface area (Å²) in [5.41, 5.74) is 3.41. The maximum absolute atomic E-state index is 5.23. The first kappa shape index (κ1) is 12.1. The number of rotatable bonds is 5. The lowest BCUT2D eigenvalue weighted by Crippen LogP contribution is -2.11. The van der Waals surface area contributed by atoms with Crippen LogP contribution in [-0.2, 0) is 6.54 Å². The molecule has 0 radical (unpaired) electrons. The Morgan fingerprint density at radius 1 is 1.28 bits per heavy atom. The zero-order chi connectivity index (χ0) is 12.8. The van der Waals surface area contributed by atoms with Gasteiger partial charge in [-0.05, 0) is 11.6 Å². The molecule has 0 saturated heterocycles. The Labute approximate surface area is 104 Å². The Balaban J connectivity index is 1.97. The molecule has 7 nitrogen and oxygen atoms in total. The first-order valence-corrected chi connectivity index (χ1v) is 5.34. The molecule has 18 heavy (non-hydrogen) atoms. The Bertz CT molecular complexity index is 501. The number of nitrogens with zero attached hydrogens (tertiary/aromatic N) is 3. The number of hydrogen-bond acceptors (Lipinski definition) is 7. The molecule has 0 unspecified atom stereocenters. The summed E-state index contributed by atoms with van der Waals surface area (Å²) in [6, 6.07) is 5.50. The normalized spacial score (nSPS) is 9.89. The number of nitrogens with two attached hydrogens (primary N) is 1. The van der Waals surface area contributed by atoms with E-state index in [1.165, 1.54) is 0 Å². The Morgan fingerprint density at radius 3 is 2.83 bits per heavy atom. The number of anilines is 2. The smallest absolute Gasteiger partial charge is 0.239 e. The highest BCUT2D eigenvalue weighted by atomic mass is 16.5. The Morgan fingerprint density at radius 2 is 2.17 bits per heavy atom. The summed E-state index contributed by atoms with van der Waals surface area (Å²) in [5, 5.41) is 3.15. The summed E-state index contributed by atoms with van der Waals surface area (Å²) in [6.45, 7) is 0.609. The lowest BCUT2D eigenvalue weighted by atomic mass is 10.3. The van der Waals surface area contributed by atoms with Gasteiger partial charge in [-0.3, -0.25) is 5.43 Å². The van der Waals surface area contributed by atoms with Gasteiger partial charge in [-0.25, -0.2) is 15.8 Å². The van der Waals surface area contributed by atoms with Crippen molar-refractivity contribution < 1.29 is 4.74 Å². The average molecular weight is 246 g/mol. The molecule has 4 N–H and O–H groups in total. The molecule has 2 aromatic rings. The highest BCUT2D eigenvalue weighted by molar-refractivity contribution is 5.39. The van der Waals surface area contributed by atoms with Crippen LogP contribution in [0.2, 0.25) is 0 Å². The highest BCUT2D eigenvalue weighted by Crippen LogP contribution is 2.09. The molecule has 0 amide bonds. The maximum atomic E-state index is 5.23. The van der Waals surface area contributed by atoms with Crippen LogP contribution in [0.1, 0.15) is 5.56 Å². The summed E-state index contributed by atoms with van der Waals surface area (Å²) in [7, 11) is 1.59. The zero-order valence-electron chi connectivity index (χ0n) is 9.92. The molecule has 2 aromatic heterocycles. The van der Waals surface area contributed by atoms with Gasteiger partial charge >= 0.3 is 0 Å². The summed E-state index contributed by atoms with van der Waals surface area (Å²) in [6.07, 6.45) is 3.37. The molecule has 0 bridgehead atoms. The number of nitrogen functional groups attached to an aromatic ring is 1. The third-order valence-corrected chi connectivity index (χ3v) is 2.27. The van der Waals surface area contributed by atoms with E-state index in [4.69, 9.17) is 10.6 Å². The van der Waals surface area contributed by atoms with Crippen molar-refractivity contribution in [3.05, 3.63) is 36.2 Å². The van der Waals surface area contributed by atoms with Gasteiger partial charge in [0, 0.05) is 25.0 Å². The summed E-state index contributed by atoms with van der Waals surface area (Å²) in [4.78, 5) is 12.2. The minimum absolute atomic E-state index is 0.368. The van der Waals surface area contributed by atoms with Gasteiger partial charge in [0.25, 0.3) is 0 Å². The van der Waals surface area contributed by atoms with Gasteiger partial charge in [0.15, 0.2) is 0 Å². The van der Waals surface area contributed by atoms with Crippen LogP contribution in [0.4, 0.5) is 11.8 Å². The quantitative estimate of drug-likeness (QED) is 0.529. The zero-order valence-corrected chi connectivity index (χ0v) is 9.92. The second kappa shape index (κ2) is 5.78. The number of aromatic nitrogens is 3. The molecule has 0 aromatic carbocycles. The molecule has 7 heteroatoms. The molecular weight excluding hydrogens is 232 g/mol. The Hall–Kier alpha value is -2.41. The van der Waals surface area contributed by atoms with E-state index in [1.54, 1.807) is 25.6 Å². The van der Waals surface area contributed by atoms with Gasteiger partial charge in [-0.1, -0.05) is 6.07 Å². The summed E-state index contributed by atoms with van der Waals surface area (Å²) >= 11 is 0. The molecule has 0 atom stereocenters. The number of pyridine rings is 1. The van der Waals surface area contributed by atoms with Crippen molar-refractivity contribution in [3.63, 3.8) is 0 Å². The molecule has 0 aliphatic heterocycles. The number of methoxy groups -OCH3 is 1. The lowest BCUT2D eigenvalue weighted by Gasteiger charge is -2.06. The van der Waals surface area contributed by atoms with Crippen molar-refractivity contribution in [3.8, 4) is 5.88 Å². The second-order valence-corrected chi connectivity index (χ2v) is 3.47. The van der Waals surface area contributed by atoms with Gasteiger partial charge in [-0.2, -0.15) is 4.98 Å². The van der Waals surface area contributed by atoms with Gasteiger partial charge < -0.3 is 10.1 Å². The third kappa shape index (κ3) is 3.05. The van der Waals surface area contributed by atoms with Crippen LogP contribution in [0, 0.1) is 0 Å². The molecule has 0 fully saturated rings. The van der Waals surface area contributed by atoms with Gasteiger partial charge in [0.1, 0.15) is 5.82 Å². The minimum atomic E-state index is 0.368. The van der Waals surface area contributed by atoms with E-state index in [0.29, 0.717) is 24.2 Å². The fourth-order valence-electron chi connectivity index (χ4n) is 1.36. The van der Waals surface area contributed by atoms with E-state index in [-0.39, 0.29) is 0 Å². The second-order valence-electron chi connectivity index (χ2n) is 3.47. The number of hydrazine groups is 1. The van der Waals surface area contributed by atoms with Crippen molar-refractivity contribution in [1.29, 1.82) is 0 Å². The lowest BCUT2D eigenvalue weighted by molar-refractivity contribution is 0.397. The molecule has 0 saturated carbocycles. The summed E-state index contributed by atoms with van der Waals surface area (Å²) in [5.74, 6) is 6.88. The predicted molar refractivity (Wildman–Crippen MR) is 68.0 cm³/mol. The van der Waals surface area contributed by atoms with Gasteiger partial charge in [0.05, 0.1) is 7.11 Å². The van der Waals surface area contributed by atoms with Crippen molar-refractivity contribution in [2.45, 2.75) is 6.54 Å². The maximum Gasteiger partial charge on any atom is 0.239 e. The number of ether oxygens (including phenoxy) is 1. The largest absolute Gasteiger partial charge is 0.481 e. The van der Waals surface area contributed by atoms with Crippen LogP contribution < -0.4 is 21.3 Å². The SMILES string of the molecule is COc1ccc(CNc2ccnc(NN)n2)cn1. The Kier molecular flexibility index (Phi) is 3.87. The highest BCUT2D eigenvalue weighted by Gasteiger charge is 1.99. The fourth-order valence-corrected chi connectivity index (χ4v) is 1.36. The van der Waals surface area contributed by atoms with E-state index in [1.807, 2.05) is 12.1 Å². The van der Waals surface area contributed by atoms with Crippen molar-refractivity contribution in [2.75, 3.05) is 17.9 Å². The standard InChI is InChI=1S/C11H14N6O/c1-18-10-3-2-8(7-15-10)6-14-9-4-5-13-11(16-9)17-12/h2-5,7H,6,12H2,1H3,(H2,13,14,16,17). The fraction of sp³-hybridized carbons (Fsp3) is 0.182. The average Bonchev–Trinajstić information content (AvgIpc) is 2.46. The number of hydrogen-bond donors (Lipinski definition) is 3. The first-order chi connectivity index (χ1) is 8.81. The summed E-state index contributed by atoms with van der Waals surface area (Å²) < 4.78 is 4.99. The minimum Gasteiger partial charge on any atom is -0.481 e. The van der Waals surface area contributed by atoms with Crippen LogP contribution >= 0.6 is 0 Å². The van der Waals surface area contributed by atoms with E-state index < -0.39 is 0 Å². The van der Waals surface area contributed by atoms with Crippen molar-refractivity contribution in [2.24, 2.45) is 5.84 Å². The van der Waals surface area contributed by atoms with Crippen LogP contribution in [-0.4, -0.2) is 22.1 Å². The van der Waals surface area contributed by atoms with Gasteiger partial charge in [-0.15, -0.1) is 0 Å². The van der Waals surface area contributed by atoms with Crippen molar-refractivity contribution >= 4 is 11.8 Å². The third-order valence-electron chi connectivity index (χ3n) is 2.27. The van der Waals surface area contributed by atoms with Crippen LogP contribution in [0.25, 0.3) is 0 Å². The molecule has 0 aliphatic carbocycles. The van der Waals surface area contributed by atoms with Crippen LogP contribution in [0.5, 0.6) is 5.88 Å². The molecule has 0 aliphatic rings. The molecule has 2 rings (SSSR count). The van der Waals surface area contributed by atoms with Crippen LogP contribution in [0.15, 0.2) is 30.6 Å². The van der Waals surface area contributed by atoms with E-state index in [0.717, 1.165) is 5.56 Å². The van der Waals surface area contributed by atoms with Crippen LogP contribution in [0.3, 0.4) is 0 Å². The van der Waals surface area contributed by atoms with E-state index >= 15 is 0 Å². The molecule has 0 spiro atoms. The topological polar surface area (TPSA) is 98.0 Å². The first-order valence-electron chi connectivity index (χ1n) is 5.34. The monoisotopic (exact) mass is 246 g/mol. The number of nitrogens with one attached hydrogen (secondary N) is 2. The van der Waals surface area contributed by atoms with Gasteiger partial charge in [0.2, 0.25) is 11.8 Å².